The van der Waals surface area contributed by atoms with Crippen molar-refractivity contribution in [2.45, 2.75) is 46.2 Å². The fourth-order valence-corrected chi connectivity index (χ4v) is 2.92. The standard InChI is InChI=1S/C16H29N3O4/c1-11(20)17-12(9-14(21)23-6)15(22)19-8-7-18(5)13(10-19)16(2,3)4/h12-13H,7-10H2,1-6H3,(H,17,20). The first-order chi connectivity index (χ1) is 10.6. The zero-order chi connectivity index (χ0) is 17.8. The Kier molecular flexibility index (Phi) is 6.56. The lowest BCUT2D eigenvalue weighted by molar-refractivity contribution is -0.147. The summed E-state index contributed by atoms with van der Waals surface area (Å²) >= 11 is 0. The average Bonchev–Trinajstić information content (AvgIpc) is 2.44. The molecule has 1 fully saturated rings. The van der Waals surface area contributed by atoms with Gasteiger partial charge in [-0.25, -0.2) is 0 Å². The maximum atomic E-state index is 12.7. The fourth-order valence-electron chi connectivity index (χ4n) is 2.92. The highest BCUT2D eigenvalue weighted by molar-refractivity contribution is 5.90. The third-order valence-electron chi connectivity index (χ3n) is 4.23. The Bertz CT molecular complexity index is 459. The first-order valence-corrected chi connectivity index (χ1v) is 7.89. The summed E-state index contributed by atoms with van der Waals surface area (Å²) in [6.45, 7) is 9.68. The smallest absolute Gasteiger partial charge is 0.308 e. The number of piperazine rings is 1. The molecule has 2 amide bonds. The summed E-state index contributed by atoms with van der Waals surface area (Å²) in [5.74, 6) is -1.08. The number of ether oxygens (including phenoxy) is 1. The number of esters is 1. The van der Waals surface area contributed by atoms with E-state index >= 15 is 0 Å². The van der Waals surface area contributed by atoms with Crippen LogP contribution in [0.1, 0.15) is 34.1 Å². The number of hydrogen-bond acceptors (Lipinski definition) is 5. The molecule has 2 atom stereocenters. The van der Waals surface area contributed by atoms with E-state index in [9.17, 15) is 14.4 Å². The number of rotatable bonds is 4. The van der Waals surface area contributed by atoms with Crippen LogP contribution in [0.5, 0.6) is 0 Å². The SMILES string of the molecule is COC(=O)CC(NC(C)=O)C(=O)N1CCN(C)C(C(C)(C)C)C1. The van der Waals surface area contributed by atoms with Gasteiger partial charge in [0.05, 0.1) is 13.5 Å². The summed E-state index contributed by atoms with van der Waals surface area (Å²) in [5, 5.41) is 2.56. The maximum Gasteiger partial charge on any atom is 0.308 e. The van der Waals surface area contributed by atoms with Crippen molar-refractivity contribution in [3.05, 3.63) is 0 Å². The van der Waals surface area contributed by atoms with Crippen molar-refractivity contribution < 1.29 is 19.1 Å². The topological polar surface area (TPSA) is 78.9 Å². The molecule has 1 saturated heterocycles. The number of amides is 2. The van der Waals surface area contributed by atoms with Crippen molar-refractivity contribution in [1.29, 1.82) is 0 Å². The van der Waals surface area contributed by atoms with Crippen molar-refractivity contribution in [2.24, 2.45) is 5.41 Å². The minimum atomic E-state index is -0.871. The lowest BCUT2D eigenvalue weighted by Gasteiger charge is -2.46. The Morgan fingerprint density at radius 1 is 1.26 bits per heavy atom. The molecule has 0 spiro atoms. The van der Waals surface area contributed by atoms with Crippen molar-refractivity contribution in [3.8, 4) is 0 Å². The van der Waals surface area contributed by atoms with E-state index in [0.717, 1.165) is 6.54 Å². The molecule has 7 nitrogen and oxygen atoms in total. The summed E-state index contributed by atoms with van der Waals surface area (Å²) in [5.41, 5.74) is 0.0273. The van der Waals surface area contributed by atoms with Crippen LogP contribution in [-0.2, 0) is 19.1 Å². The molecule has 1 aliphatic rings. The summed E-state index contributed by atoms with van der Waals surface area (Å²) in [4.78, 5) is 39.6. The predicted molar refractivity (Wildman–Crippen MR) is 86.7 cm³/mol. The zero-order valence-corrected chi connectivity index (χ0v) is 15.0. The minimum absolute atomic E-state index is 0.0273. The minimum Gasteiger partial charge on any atom is -0.469 e. The van der Waals surface area contributed by atoms with E-state index in [1.807, 2.05) is 0 Å². The molecular weight excluding hydrogens is 298 g/mol. The van der Waals surface area contributed by atoms with Crippen LogP contribution in [0, 0.1) is 5.41 Å². The van der Waals surface area contributed by atoms with Crippen LogP contribution in [0.15, 0.2) is 0 Å². The van der Waals surface area contributed by atoms with E-state index < -0.39 is 12.0 Å². The number of nitrogens with zero attached hydrogens (tertiary/aromatic N) is 2. The molecule has 0 aromatic rings. The van der Waals surface area contributed by atoms with Gasteiger partial charge in [-0.05, 0) is 12.5 Å². The van der Waals surface area contributed by atoms with E-state index in [2.05, 4.69) is 42.8 Å². The van der Waals surface area contributed by atoms with Gasteiger partial charge in [-0.1, -0.05) is 20.8 Å². The summed E-state index contributed by atoms with van der Waals surface area (Å²) in [6, 6.07) is -0.653. The van der Waals surface area contributed by atoms with Crippen LogP contribution in [0.25, 0.3) is 0 Å². The van der Waals surface area contributed by atoms with Crippen molar-refractivity contribution in [2.75, 3.05) is 33.8 Å². The molecule has 132 valence electrons. The second-order valence-corrected chi connectivity index (χ2v) is 7.18. The fraction of sp³-hybridized carbons (Fsp3) is 0.812. The highest BCUT2D eigenvalue weighted by Crippen LogP contribution is 2.27. The Hall–Kier alpha value is -1.63. The van der Waals surface area contributed by atoms with E-state index in [1.54, 1.807) is 4.90 Å². The third-order valence-corrected chi connectivity index (χ3v) is 4.23. The van der Waals surface area contributed by atoms with Gasteiger partial charge in [0.15, 0.2) is 0 Å². The molecule has 1 aliphatic heterocycles. The second-order valence-electron chi connectivity index (χ2n) is 7.18. The Morgan fingerprint density at radius 2 is 1.87 bits per heavy atom. The van der Waals surface area contributed by atoms with Gasteiger partial charge in [0, 0.05) is 32.6 Å². The number of carbonyl (C=O) groups is 3. The van der Waals surface area contributed by atoms with Crippen LogP contribution in [0.3, 0.4) is 0 Å². The van der Waals surface area contributed by atoms with Crippen molar-refractivity contribution in [3.63, 3.8) is 0 Å². The van der Waals surface area contributed by atoms with Gasteiger partial charge in [0.25, 0.3) is 0 Å². The van der Waals surface area contributed by atoms with Crippen molar-refractivity contribution >= 4 is 17.8 Å². The normalized spacial score (nSPS) is 20.8. The highest BCUT2D eigenvalue weighted by atomic mass is 16.5. The predicted octanol–water partition coefficient (Wildman–Crippen LogP) is 0.243. The maximum absolute atomic E-state index is 12.7. The molecule has 23 heavy (non-hydrogen) atoms. The van der Waals surface area contributed by atoms with Crippen LogP contribution in [-0.4, -0.2) is 73.5 Å². The molecule has 0 aromatic heterocycles. The van der Waals surface area contributed by atoms with Gasteiger partial charge in [0.1, 0.15) is 6.04 Å². The number of carbonyl (C=O) groups excluding carboxylic acids is 3. The zero-order valence-electron chi connectivity index (χ0n) is 15.0. The lowest BCUT2D eigenvalue weighted by atomic mass is 9.84. The van der Waals surface area contributed by atoms with Gasteiger partial charge >= 0.3 is 5.97 Å². The molecule has 0 bridgehead atoms. The number of methoxy groups -OCH3 is 1. The van der Waals surface area contributed by atoms with Crippen LogP contribution in [0.2, 0.25) is 0 Å². The van der Waals surface area contributed by atoms with Gasteiger partial charge in [-0.15, -0.1) is 0 Å². The van der Waals surface area contributed by atoms with Crippen LogP contribution >= 0.6 is 0 Å². The molecular formula is C16H29N3O4. The Balaban J connectivity index is 2.86. The number of nitrogens with one attached hydrogen (secondary N) is 1. The van der Waals surface area contributed by atoms with E-state index in [1.165, 1.54) is 14.0 Å². The van der Waals surface area contributed by atoms with Crippen LogP contribution in [0.4, 0.5) is 0 Å². The number of hydrogen-bond donors (Lipinski definition) is 1. The summed E-state index contributed by atoms with van der Waals surface area (Å²) in [6.07, 6.45) is -0.151. The van der Waals surface area contributed by atoms with Crippen LogP contribution < -0.4 is 5.32 Å². The molecule has 7 heteroatoms. The van der Waals surface area contributed by atoms with Crippen molar-refractivity contribution in [1.82, 2.24) is 15.1 Å². The molecule has 0 aliphatic carbocycles. The van der Waals surface area contributed by atoms with Gasteiger partial charge in [-0.3, -0.25) is 19.3 Å². The summed E-state index contributed by atoms with van der Waals surface area (Å²) in [7, 11) is 3.32. The molecule has 1 N–H and O–H groups in total. The molecule has 0 saturated carbocycles. The summed E-state index contributed by atoms with van der Waals surface area (Å²) < 4.78 is 4.62. The largest absolute Gasteiger partial charge is 0.469 e. The quantitative estimate of drug-likeness (QED) is 0.749. The lowest BCUT2D eigenvalue weighted by Crippen LogP contribution is -2.60. The van der Waals surface area contributed by atoms with E-state index in [4.69, 9.17) is 0 Å². The number of likely N-dealkylation sites (N-methyl/N-ethyl adjacent to an activating group) is 1. The molecule has 1 heterocycles. The van der Waals surface area contributed by atoms with Gasteiger partial charge < -0.3 is 15.0 Å². The molecule has 2 unspecified atom stereocenters. The Labute approximate surface area is 138 Å². The monoisotopic (exact) mass is 327 g/mol. The first-order valence-electron chi connectivity index (χ1n) is 7.89. The van der Waals surface area contributed by atoms with E-state index in [-0.39, 0.29) is 29.7 Å². The van der Waals surface area contributed by atoms with Gasteiger partial charge in [0.2, 0.25) is 11.8 Å². The Morgan fingerprint density at radius 3 is 2.35 bits per heavy atom. The average molecular weight is 327 g/mol. The molecule has 0 aromatic carbocycles. The third kappa shape index (κ3) is 5.49. The van der Waals surface area contributed by atoms with E-state index in [0.29, 0.717) is 13.1 Å². The molecule has 1 rings (SSSR count). The molecule has 0 radical (unpaired) electrons. The highest BCUT2D eigenvalue weighted by Gasteiger charge is 2.37. The first kappa shape index (κ1) is 19.4. The van der Waals surface area contributed by atoms with Gasteiger partial charge in [-0.2, -0.15) is 0 Å². The second kappa shape index (κ2) is 7.77.